The molecule has 0 unspecified atom stereocenters. The molecule has 0 saturated heterocycles. The molecule has 0 bridgehead atoms. The molecule has 1 aromatic rings. The summed E-state index contributed by atoms with van der Waals surface area (Å²) in [6.45, 7) is 4.34. The Kier molecular flexibility index (Phi) is 4.12. The summed E-state index contributed by atoms with van der Waals surface area (Å²) >= 11 is 0. The molecule has 0 spiro atoms. The van der Waals surface area contributed by atoms with Gasteiger partial charge in [-0.15, -0.1) is 0 Å². The van der Waals surface area contributed by atoms with E-state index in [4.69, 9.17) is 5.73 Å². The van der Waals surface area contributed by atoms with Crippen LogP contribution in [-0.2, 0) is 17.9 Å². The van der Waals surface area contributed by atoms with Crippen LogP contribution >= 0.6 is 0 Å². The lowest BCUT2D eigenvalue weighted by Crippen LogP contribution is -2.18. The zero-order chi connectivity index (χ0) is 10.4. The molecule has 0 saturated carbocycles. The number of imidazole rings is 1. The normalized spacial score (nSPS) is 10.4. The molecule has 1 rings (SSSR count). The first-order chi connectivity index (χ1) is 6.74. The molecule has 5 heteroatoms. The average molecular weight is 196 g/mol. The van der Waals surface area contributed by atoms with Gasteiger partial charge in [-0.1, -0.05) is 6.92 Å². The number of rotatable bonds is 6. The number of primary amides is 1. The van der Waals surface area contributed by atoms with Crippen LogP contribution in [0.15, 0.2) is 12.5 Å². The van der Waals surface area contributed by atoms with Crippen LogP contribution in [0.2, 0.25) is 0 Å². The summed E-state index contributed by atoms with van der Waals surface area (Å²) in [5.41, 5.74) is 6.15. The van der Waals surface area contributed by atoms with Gasteiger partial charge in [0.1, 0.15) is 0 Å². The highest BCUT2D eigenvalue weighted by Crippen LogP contribution is 2.00. The molecule has 1 heterocycles. The fourth-order valence-electron chi connectivity index (χ4n) is 1.18. The van der Waals surface area contributed by atoms with Gasteiger partial charge in [0.05, 0.1) is 12.0 Å². The quantitative estimate of drug-likeness (QED) is 0.665. The van der Waals surface area contributed by atoms with E-state index in [0.29, 0.717) is 13.0 Å². The van der Waals surface area contributed by atoms with E-state index in [9.17, 15) is 4.79 Å². The van der Waals surface area contributed by atoms with E-state index < -0.39 is 0 Å². The Labute approximate surface area is 83.3 Å². The molecule has 0 aliphatic rings. The third kappa shape index (κ3) is 3.18. The number of nitrogens with two attached hydrogens (primary N) is 1. The first-order valence-electron chi connectivity index (χ1n) is 4.72. The van der Waals surface area contributed by atoms with Crippen molar-refractivity contribution in [2.75, 3.05) is 6.54 Å². The first kappa shape index (κ1) is 10.7. The van der Waals surface area contributed by atoms with Gasteiger partial charge < -0.3 is 15.6 Å². The molecule has 0 fully saturated rings. The van der Waals surface area contributed by atoms with Crippen molar-refractivity contribution in [2.24, 2.45) is 5.73 Å². The second kappa shape index (κ2) is 5.39. The third-order valence-corrected chi connectivity index (χ3v) is 1.95. The van der Waals surface area contributed by atoms with Crippen LogP contribution < -0.4 is 11.1 Å². The monoisotopic (exact) mass is 196 g/mol. The maximum Gasteiger partial charge on any atom is 0.219 e. The van der Waals surface area contributed by atoms with Crippen LogP contribution in [0.3, 0.4) is 0 Å². The summed E-state index contributed by atoms with van der Waals surface area (Å²) in [5.74, 6) is -0.284. The predicted molar refractivity (Wildman–Crippen MR) is 53.4 cm³/mol. The molecule has 14 heavy (non-hydrogen) atoms. The van der Waals surface area contributed by atoms with Gasteiger partial charge in [0.2, 0.25) is 5.91 Å². The van der Waals surface area contributed by atoms with E-state index in [0.717, 1.165) is 18.8 Å². The van der Waals surface area contributed by atoms with E-state index in [1.165, 1.54) is 0 Å². The van der Waals surface area contributed by atoms with E-state index in [2.05, 4.69) is 10.3 Å². The number of aromatic nitrogens is 2. The van der Waals surface area contributed by atoms with Crippen molar-refractivity contribution >= 4 is 5.91 Å². The number of carbonyl (C=O) groups excluding carboxylic acids is 1. The van der Waals surface area contributed by atoms with Crippen molar-refractivity contribution < 1.29 is 4.79 Å². The van der Waals surface area contributed by atoms with Crippen LogP contribution in [0.1, 0.15) is 19.0 Å². The Morgan fingerprint density at radius 3 is 3.14 bits per heavy atom. The lowest BCUT2D eigenvalue weighted by molar-refractivity contribution is -0.118. The summed E-state index contributed by atoms with van der Waals surface area (Å²) in [7, 11) is 0. The van der Waals surface area contributed by atoms with Crippen molar-refractivity contribution in [3.8, 4) is 0 Å². The number of amides is 1. The summed E-state index contributed by atoms with van der Waals surface area (Å²) in [6.07, 6.45) is 3.87. The average Bonchev–Trinajstić information content (AvgIpc) is 2.58. The molecule has 78 valence electrons. The van der Waals surface area contributed by atoms with Gasteiger partial charge in [0, 0.05) is 25.7 Å². The fraction of sp³-hybridized carbons (Fsp3) is 0.556. The lowest BCUT2D eigenvalue weighted by Gasteiger charge is -2.06. The number of hydrogen-bond donors (Lipinski definition) is 2. The van der Waals surface area contributed by atoms with Gasteiger partial charge in [0.25, 0.3) is 0 Å². The van der Waals surface area contributed by atoms with Crippen molar-refractivity contribution in [1.82, 2.24) is 14.9 Å². The predicted octanol–water partition coefficient (Wildman–Crippen LogP) is -0.132. The standard InChI is InChI=1S/C9H16N4O/c1-2-11-5-8-6-12-7-13(8)4-3-9(10)14/h6-7,11H,2-5H2,1H3,(H2,10,14). The molecular weight excluding hydrogens is 180 g/mol. The number of carbonyl (C=O) groups is 1. The van der Waals surface area contributed by atoms with Gasteiger partial charge in [-0.05, 0) is 6.54 Å². The largest absolute Gasteiger partial charge is 0.370 e. The molecule has 5 nitrogen and oxygen atoms in total. The van der Waals surface area contributed by atoms with Crippen molar-refractivity contribution in [1.29, 1.82) is 0 Å². The summed E-state index contributed by atoms with van der Waals surface area (Å²) < 4.78 is 1.94. The zero-order valence-electron chi connectivity index (χ0n) is 8.36. The highest BCUT2D eigenvalue weighted by molar-refractivity contribution is 5.73. The topological polar surface area (TPSA) is 72.9 Å². The molecular formula is C9H16N4O. The molecule has 0 aliphatic heterocycles. The van der Waals surface area contributed by atoms with Gasteiger partial charge in [-0.2, -0.15) is 0 Å². The van der Waals surface area contributed by atoms with Crippen molar-refractivity contribution in [3.05, 3.63) is 18.2 Å². The molecule has 0 radical (unpaired) electrons. The molecule has 0 atom stereocenters. The third-order valence-electron chi connectivity index (χ3n) is 1.95. The molecule has 0 aliphatic carbocycles. The van der Waals surface area contributed by atoms with E-state index in [-0.39, 0.29) is 5.91 Å². The van der Waals surface area contributed by atoms with Crippen LogP contribution in [0.4, 0.5) is 0 Å². The number of nitrogens with zero attached hydrogens (tertiary/aromatic N) is 2. The summed E-state index contributed by atoms with van der Waals surface area (Å²) in [4.78, 5) is 14.6. The van der Waals surface area contributed by atoms with Gasteiger partial charge in [0.15, 0.2) is 0 Å². The van der Waals surface area contributed by atoms with Crippen LogP contribution in [0.5, 0.6) is 0 Å². The summed E-state index contributed by atoms with van der Waals surface area (Å²) in [5, 5.41) is 3.20. The maximum absolute atomic E-state index is 10.6. The highest BCUT2D eigenvalue weighted by Gasteiger charge is 2.02. The SMILES string of the molecule is CCNCc1cncn1CCC(N)=O. The minimum Gasteiger partial charge on any atom is -0.370 e. The summed E-state index contributed by atoms with van der Waals surface area (Å²) in [6, 6.07) is 0. The van der Waals surface area contributed by atoms with Crippen LogP contribution in [-0.4, -0.2) is 22.0 Å². The molecule has 1 amide bonds. The molecule has 0 aromatic carbocycles. The lowest BCUT2D eigenvalue weighted by atomic mass is 10.4. The number of nitrogens with one attached hydrogen (secondary N) is 1. The van der Waals surface area contributed by atoms with E-state index in [1.807, 2.05) is 11.5 Å². The van der Waals surface area contributed by atoms with E-state index in [1.54, 1.807) is 12.5 Å². The van der Waals surface area contributed by atoms with Crippen LogP contribution in [0.25, 0.3) is 0 Å². The zero-order valence-corrected chi connectivity index (χ0v) is 8.36. The second-order valence-electron chi connectivity index (χ2n) is 3.08. The van der Waals surface area contributed by atoms with Gasteiger partial charge >= 0.3 is 0 Å². The Balaban J connectivity index is 2.49. The maximum atomic E-state index is 10.6. The Bertz CT molecular complexity index is 295. The van der Waals surface area contributed by atoms with Gasteiger partial charge in [-0.3, -0.25) is 4.79 Å². The number of hydrogen-bond acceptors (Lipinski definition) is 3. The Morgan fingerprint density at radius 1 is 1.71 bits per heavy atom. The van der Waals surface area contributed by atoms with Crippen molar-refractivity contribution in [2.45, 2.75) is 26.4 Å². The van der Waals surface area contributed by atoms with Gasteiger partial charge in [-0.25, -0.2) is 4.98 Å². The minimum absolute atomic E-state index is 0.284. The van der Waals surface area contributed by atoms with Crippen molar-refractivity contribution in [3.63, 3.8) is 0 Å². The van der Waals surface area contributed by atoms with Crippen LogP contribution in [0, 0.1) is 0 Å². The minimum atomic E-state index is -0.284. The number of aryl methyl sites for hydroxylation is 1. The Hall–Kier alpha value is -1.36. The molecule has 3 N–H and O–H groups in total. The fourth-order valence-corrected chi connectivity index (χ4v) is 1.18. The second-order valence-corrected chi connectivity index (χ2v) is 3.08. The van der Waals surface area contributed by atoms with E-state index >= 15 is 0 Å². The highest BCUT2D eigenvalue weighted by atomic mass is 16.1. The molecule has 1 aromatic heterocycles. The Morgan fingerprint density at radius 2 is 2.50 bits per heavy atom. The smallest absolute Gasteiger partial charge is 0.219 e. The first-order valence-corrected chi connectivity index (χ1v) is 4.72.